The van der Waals surface area contributed by atoms with Crippen molar-refractivity contribution in [3.05, 3.63) is 63.2 Å². The van der Waals surface area contributed by atoms with Crippen molar-refractivity contribution in [3.63, 3.8) is 0 Å². The largest absolute Gasteiger partial charge is 0.321 e. The molecular weight excluding hydrogens is 407 g/mol. The first-order valence-electron chi connectivity index (χ1n) is 6.45. The molecule has 2 aromatic carbocycles. The van der Waals surface area contributed by atoms with E-state index >= 15 is 0 Å². The molecule has 2 rings (SSSR count). The molecule has 22 heavy (non-hydrogen) atoms. The molecule has 0 atom stereocenters. The van der Waals surface area contributed by atoms with Crippen LogP contribution in [0, 0.1) is 14.9 Å². The summed E-state index contributed by atoms with van der Waals surface area (Å²) in [5, 5.41) is 11.9. The normalized spacial score (nSPS) is 10.9. The Morgan fingerprint density at radius 2 is 1.82 bits per heavy atom. The van der Waals surface area contributed by atoms with E-state index in [1.807, 2.05) is 60.9 Å². The zero-order chi connectivity index (χ0) is 15.9. The molecule has 0 fully saturated rings. The molecule has 110 valence electrons. The van der Waals surface area contributed by atoms with Crippen LogP contribution in [0.5, 0.6) is 0 Å². The number of carbonyl (C=O) groups excluding carboxylic acids is 1. The van der Waals surface area contributed by atoms with Crippen molar-refractivity contribution in [2.75, 3.05) is 11.6 Å². The van der Waals surface area contributed by atoms with E-state index < -0.39 is 5.91 Å². The van der Waals surface area contributed by atoms with Crippen LogP contribution in [0.1, 0.15) is 5.56 Å². The Hall–Kier alpha value is -1.78. The van der Waals surface area contributed by atoms with E-state index in [2.05, 4.69) is 27.9 Å². The molecule has 3 nitrogen and oxygen atoms in total. The van der Waals surface area contributed by atoms with E-state index in [-0.39, 0.29) is 5.57 Å². The van der Waals surface area contributed by atoms with Crippen LogP contribution in [-0.2, 0) is 4.79 Å². The highest BCUT2D eigenvalue weighted by Crippen LogP contribution is 2.17. The third kappa shape index (κ3) is 4.61. The van der Waals surface area contributed by atoms with Gasteiger partial charge in [-0.2, -0.15) is 5.26 Å². The molecule has 0 aromatic heterocycles. The number of halogens is 1. The summed E-state index contributed by atoms with van der Waals surface area (Å²) in [4.78, 5) is 13.3. The molecule has 5 heteroatoms. The molecule has 1 N–H and O–H groups in total. The van der Waals surface area contributed by atoms with Crippen LogP contribution < -0.4 is 5.32 Å². The quantitative estimate of drug-likeness (QED) is 0.342. The van der Waals surface area contributed by atoms with Gasteiger partial charge in [-0.25, -0.2) is 0 Å². The fourth-order valence-corrected chi connectivity index (χ4v) is 2.51. The van der Waals surface area contributed by atoms with E-state index in [1.54, 1.807) is 17.8 Å². The first kappa shape index (κ1) is 16.6. The summed E-state index contributed by atoms with van der Waals surface area (Å²) in [6.45, 7) is 0. The van der Waals surface area contributed by atoms with Gasteiger partial charge in [0, 0.05) is 14.2 Å². The van der Waals surface area contributed by atoms with Gasteiger partial charge in [-0.05, 0) is 76.9 Å². The van der Waals surface area contributed by atoms with Crippen molar-refractivity contribution in [1.29, 1.82) is 5.26 Å². The fraction of sp³-hybridized carbons (Fsp3) is 0.0588. The van der Waals surface area contributed by atoms with Crippen LogP contribution in [0.15, 0.2) is 59.0 Å². The first-order valence-corrected chi connectivity index (χ1v) is 8.75. The lowest BCUT2D eigenvalue weighted by molar-refractivity contribution is -0.112. The van der Waals surface area contributed by atoms with Crippen LogP contribution in [0.25, 0.3) is 6.08 Å². The number of nitrogens with zero attached hydrogens (tertiary/aromatic N) is 1. The molecular formula is C17H13IN2OS. The van der Waals surface area contributed by atoms with E-state index in [1.165, 1.54) is 0 Å². The second-order valence-corrected chi connectivity index (χ2v) is 6.53. The minimum atomic E-state index is -0.405. The number of hydrogen-bond acceptors (Lipinski definition) is 3. The Morgan fingerprint density at radius 3 is 2.36 bits per heavy atom. The lowest BCUT2D eigenvalue weighted by Crippen LogP contribution is -2.13. The molecule has 0 aliphatic heterocycles. The minimum Gasteiger partial charge on any atom is -0.321 e. The van der Waals surface area contributed by atoms with E-state index in [0.29, 0.717) is 5.69 Å². The van der Waals surface area contributed by atoms with Gasteiger partial charge in [0.15, 0.2) is 0 Å². The summed E-state index contributed by atoms with van der Waals surface area (Å²) >= 11 is 3.84. The third-order valence-corrected chi connectivity index (χ3v) is 4.36. The van der Waals surface area contributed by atoms with E-state index in [0.717, 1.165) is 14.0 Å². The zero-order valence-electron chi connectivity index (χ0n) is 11.8. The Labute approximate surface area is 147 Å². The summed E-state index contributed by atoms with van der Waals surface area (Å²) in [6.07, 6.45) is 3.59. The number of nitrogens with one attached hydrogen (secondary N) is 1. The summed E-state index contributed by atoms with van der Waals surface area (Å²) in [7, 11) is 0. The average molecular weight is 420 g/mol. The maximum Gasteiger partial charge on any atom is 0.266 e. The molecule has 0 aliphatic carbocycles. The van der Waals surface area contributed by atoms with Crippen molar-refractivity contribution in [3.8, 4) is 6.07 Å². The number of rotatable bonds is 4. The van der Waals surface area contributed by atoms with Gasteiger partial charge in [0.2, 0.25) is 0 Å². The predicted octanol–water partition coefficient (Wildman–Crippen LogP) is 4.56. The molecule has 0 radical (unpaired) electrons. The van der Waals surface area contributed by atoms with Crippen LogP contribution in [-0.4, -0.2) is 12.2 Å². The van der Waals surface area contributed by atoms with Crippen LogP contribution >= 0.6 is 34.4 Å². The smallest absolute Gasteiger partial charge is 0.266 e. The number of nitriles is 1. The average Bonchev–Trinajstić information content (AvgIpc) is 2.55. The Balaban J connectivity index is 2.15. The Kier molecular flexibility index (Phi) is 6.04. The summed E-state index contributed by atoms with van der Waals surface area (Å²) in [5.41, 5.74) is 1.58. The van der Waals surface area contributed by atoms with Crippen molar-refractivity contribution >= 4 is 52.0 Å². The standard InChI is InChI=1S/C17H13IN2OS/c1-22-16-8-2-12(3-9-16)10-13(11-19)17(21)20-15-6-4-14(18)5-7-15/h2-10H,1H3,(H,20,21)/b13-10-. The van der Waals surface area contributed by atoms with Crippen molar-refractivity contribution in [2.45, 2.75) is 4.90 Å². The van der Waals surface area contributed by atoms with Gasteiger partial charge in [-0.1, -0.05) is 12.1 Å². The molecule has 0 saturated heterocycles. The highest BCUT2D eigenvalue weighted by atomic mass is 127. The molecule has 0 aliphatic rings. The SMILES string of the molecule is CSc1ccc(/C=C(/C#N)C(=O)Nc2ccc(I)cc2)cc1. The highest BCUT2D eigenvalue weighted by Gasteiger charge is 2.09. The summed E-state index contributed by atoms with van der Waals surface area (Å²) in [5.74, 6) is -0.405. The van der Waals surface area contributed by atoms with Crippen molar-refractivity contribution < 1.29 is 4.79 Å². The molecule has 2 aromatic rings. The number of thioether (sulfide) groups is 1. The van der Waals surface area contributed by atoms with Gasteiger partial charge < -0.3 is 5.32 Å². The van der Waals surface area contributed by atoms with Crippen molar-refractivity contribution in [1.82, 2.24) is 0 Å². The molecule has 0 bridgehead atoms. The van der Waals surface area contributed by atoms with E-state index in [4.69, 9.17) is 0 Å². The predicted molar refractivity (Wildman–Crippen MR) is 99.6 cm³/mol. The molecule has 0 saturated carbocycles. The number of anilines is 1. The Bertz CT molecular complexity index is 731. The maximum atomic E-state index is 12.1. The highest BCUT2D eigenvalue weighted by molar-refractivity contribution is 14.1. The third-order valence-electron chi connectivity index (χ3n) is 2.89. The molecule has 0 spiro atoms. The van der Waals surface area contributed by atoms with Gasteiger partial charge in [0.05, 0.1) is 0 Å². The lowest BCUT2D eigenvalue weighted by atomic mass is 10.1. The number of carbonyl (C=O) groups is 1. The van der Waals surface area contributed by atoms with Crippen LogP contribution in [0.4, 0.5) is 5.69 Å². The molecule has 0 unspecified atom stereocenters. The van der Waals surface area contributed by atoms with Gasteiger partial charge in [0.25, 0.3) is 5.91 Å². The zero-order valence-corrected chi connectivity index (χ0v) is 14.8. The van der Waals surface area contributed by atoms with Crippen molar-refractivity contribution in [2.24, 2.45) is 0 Å². The minimum absolute atomic E-state index is 0.0791. The summed E-state index contributed by atoms with van der Waals surface area (Å²) < 4.78 is 1.08. The number of benzene rings is 2. The van der Waals surface area contributed by atoms with Crippen LogP contribution in [0.2, 0.25) is 0 Å². The van der Waals surface area contributed by atoms with Gasteiger partial charge in [0.1, 0.15) is 11.6 Å². The fourth-order valence-electron chi connectivity index (χ4n) is 1.75. The maximum absolute atomic E-state index is 12.1. The first-order chi connectivity index (χ1) is 10.6. The topological polar surface area (TPSA) is 52.9 Å². The van der Waals surface area contributed by atoms with Crippen LogP contribution in [0.3, 0.4) is 0 Å². The second kappa shape index (κ2) is 8.01. The second-order valence-electron chi connectivity index (χ2n) is 4.40. The monoisotopic (exact) mass is 420 g/mol. The number of hydrogen-bond donors (Lipinski definition) is 1. The summed E-state index contributed by atoms with van der Waals surface area (Å²) in [6, 6.07) is 17.1. The number of amides is 1. The lowest BCUT2D eigenvalue weighted by Gasteiger charge is -2.04. The Morgan fingerprint density at radius 1 is 1.18 bits per heavy atom. The van der Waals surface area contributed by atoms with Gasteiger partial charge in [-0.15, -0.1) is 11.8 Å². The molecule has 1 amide bonds. The van der Waals surface area contributed by atoms with Gasteiger partial charge in [-0.3, -0.25) is 4.79 Å². The molecule has 0 heterocycles. The van der Waals surface area contributed by atoms with Gasteiger partial charge >= 0.3 is 0 Å². The van der Waals surface area contributed by atoms with E-state index in [9.17, 15) is 10.1 Å².